The third kappa shape index (κ3) is 10.3. The summed E-state index contributed by atoms with van der Waals surface area (Å²) in [5.41, 5.74) is 0.244. The van der Waals surface area contributed by atoms with E-state index < -0.39 is 41.1 Å². The van der Waals surface area contributed by atoms with Gasteiger partial charge in [0.2, 0.25) is 0 Å². The second kappa shape index (κ2) is 10.6. The first-order valence-electron chi connectivity index (χ1n) is 8.11. The fourth-order valence-electron chi connectivity index (χ4n) is 1.49. The van der Waals surface area contributed by atoms with Crippen molar-refractivity contribution in [1.29, 1.82) is 0 Å². The van der Waals surface area contributed by atoms with Gasteiger partial charge in [-0.25, -0.2) is 0 Å². The van der Waals surface area contributed by atoms with Crippen LogP contribution >= 0.6 is 0 Å². The van der Waals surface area contributed by atoms with Crippen LogP contribution in [-0.4, -0.2) is 37.5 Å². The summed E-state index contributed by atoms with van der Waals surface area (Å²) in [6.07, 6.45) is -1.55. The molecule has 0 aromatic rings. The van der Waals surface area contributed by atoms with E-state index in [2.05, 4.69) is 6.58 Å². The summed E-state index contributed by atoms with van der Waals surface area (Å²) in [6.45, 7) is 14.4. The molecule has 0 unspecified atom stereocenters. The minimum atomic E-state index is -6.23. The van der Waals surface area contributed by atoms with Gasteiger partial charge in [-0.2, -0.15) is 0 Å². The Morgan fingerprint density at radius 2 is 1.44 bits per heavy atom. The van der Waals surface area contributed by atoms with Crippen molar-refractivity contribution >= 4 is 5.97 Å². The Hall–Kier alpha value is -0.516. The van der Waals surface area contributed by atoms with Crippen molar-refractivity contribution in [2.45, 2.75) is 66.8 Å². The van der Waals surface area contributed by atoms with Gasteiger partial charge in [-0.15, -0.1) is 0 Å². The molecule has 0 rings (SSSR count). The first-order valence-corrected chi connectivity index (χ1v) is 11.3. The van der Waals surface area contributed by atoms with Crippen molar-refractivity contribution in [2.75, 3.05) is 13.2 Å². The van der Waals surface area contributed by atoms with Gasteiger partial charge in [0, 0.05) is 0 Å². The van der Waals surface area contributed by atoms with Crippen LogP contribution in [0.2, 0.25) is 0 Å². The van der Waals surface area contributed by atoms with Crippen LogP contribution in [0.1, 0.15) is 48.5 Å². The van der Waals surface area contributed by atoms with Gasteiger partial charge >= 0.3 is 151 Å². The second-order valence-electron chi connectivity index (χ2n) is 6.22. The Kier molecular flexibility index (Phi) is 10.4. The monoisotopic (exact) mass is 402 g/mol. The van der Waals surface area contributed by atoms with Crippen LogP contribution in [-0.2, 0) is 53.0 Å². The van der Waals surface area contributed by atoms with E-state index in [1.165, 1.54) is 6.92 Å². The molecule has 0 amide bonds. The average Bonchev–Trinajstić information content (AvgIpc) is 2.43. The molecule has 0 saturated heterocycles. The van der Waals surface area contributed by atoms with Crippen LogP contribution in [0, 0.1) is 0 Å². The summed E-state index contributed by atoms with van der Waals surface area (Å²) in [7, 11) is 0. The second-order valence-corrected chi connectivity index (χ2v) is 10.1. The van der Waals surface area contributed by atoms with Gasteiger partial charge in [0.05, 0.1) is 0 Å². The Balaban J connectivity index is 5.00. The molecular weight excluding hydrogens is 372 g/mol. The van der Waals surface area contributed by atoms with Gasteiger partial charge in [0.1, 0.15) is 0 Å². The van der Waals surface area contributed by atoms with Gasteiger partial charge in [-0.1, -0.05) is 0 Å². The van der Waals surface area contributed by atoms with E-state index >= 15 is 0 Å². The molecule has 0 aromatic carbocycles. The molecule has 0 aliphatic heterocycles. The molecule has 10 heteroatoms. The molecule has 0 bridgehead atoms. The standard InChI is InChI=1S/C6H10O4.C3H8O2.2C3H7O.O.Ti/c1-5(2)6(7)9-3-4-10-8;1-3(2)5-4;2*1-3(2)4;;/h8H,1,3-4H2,2H3;3-4H,1-2H3;2*3H,1-2H3;;/q;;2*-1;;+4/p-2. The fourth-order valence-corrected chi connectivity index (χ4v) is 5.25. The van der Waals surface area contributed by atoms with Crippen molar-refractivity contribution in [2.24, 2.45) is 0 Å². The number of hydrogen-bond acceptors (Lipinski definition) is 9. The first kappa shape index (κ1) is 24.5. The average molecular weight is 402 g/mol. The Bertz CT molecular complexity index is 485. The summed E-state index contributed by atoms with van der Waals surface area (Å²) in [5, 5.41) is 0. The molecule has 0 aliphatic rings. The number of esters is 1. The van der Waals surface area contributed by atoms with E-state index in [4.69, 9.17) is 28.1 Å². The molecule has 0 N–H and O–H groups in total. The van der Waals surface area contributed by atoms with Crippen molar-refractivity contribution in [1.82, 2.24) is 0 Å². The van der Waals surface area contributed by atoms with Crippen LogP contribution in [0.25, 0.3) is 0 Å². The van der Waals surface area contributed by atoms with E-state index in [1.807, 2.05) is 0 Å². The Labute approximate surface area is 151 Å². The number of hydrogen-bond donors (Lipinski definition) is 0. The third-order valence-corrected chi connectivity index (χ3v) is 6.03. The number of carbonyl (C=O) groups is 1. The number of ether oxygens (including phenoxy) is 1. The van der Waals surface area contributed by atoms with Crippen LogP contribution < -0.4 is 0 Å². The number of carbonyl (C=O) groups excluding carboxylic acids is 1. The molecule has 0 saturated carbocycles. The zero-order valence-electron chi connectivity index (χ0n) is 16.0. The maximum atomic E-state index is 13.3. The van der Waals surface area contributed by atoms with E-state index in [9.17, 15) is 8.12 Å². The fraction of sp³-hybridized carbons (Fsp3) is 0.800. The van der Waals surface area contributed by atoms with E-state index in [-0.39, 0.29) is 18.8 Å². The topological polar surface area (TPSA) is 98.8 Å². The third-order valence-electron chi connectivity index (χ3n) is 2.18. The molecule has 0 spiro atoms. The summed E-state index contributed by atoms with van der Waals surface area (Å²) in [5.74, 6) is -0.579. The van der Waals surface area contributed by atoms with Crippen molar-refractivity contribution < 1.29 is 53.0 Å². The normalized spacial score (nSPS) is 12.9. The summed E-state index contributed by atoms with van der Waals surface area (Å²) in [6, 6.07) is 0. The van der Waals surface area contributed by atoms with Crippen LogP contribution in [0.3, 0.4) is 0 Å². The van der Waals surface area contributed by atoms with Gasteiger partial charge < -0.3 is 0 Å². The van der Waals surface area contributed by atoms with Crippen molar-refractivity contribution in [3.63, 3.8) is 0 Å². The molecule has 148 valence electrons. The van der Waals surface area contributed by atoms with Gasteiger partial charge in [0.25, 0.3) is 0 Å². The van der Waals surface area contributed by atoms with E-state index in [0.717, 1.165) is 0 Å². The number of rotatable bonds is 13. The van der Waals surface area contributed by atoms with Crippen LogP contribution in [0.4, 0.5) is 0 Å². The zero-order chi connectivity index (χ0) is 19.7. The summed E-state index contributed by atoms with van der Waals surface area (Å²) in [4.78, 5) is 21.1. The Morgan fingerprint density at radius 1 is 0.920 bits per heavy atom. The maximum absolute atomic E-state index is 13.3. The molecule has 0 aliphatic carbocycles. The predicted octanol–water partition coefficient (Wildman–Crippen LogP) is 2.96. The molecule has 0 fully saturated rings. The first-order chi connectivity index (χ1) is 11.4. The zero-order valence-corrected chi connectivity index (χ0v) is 17.6. The molecule has 0 aromatic heterocycles. The van der Waals surface area contributed by atoms with E-state index in [0.29, 0.717) is 0 Å². The summed E-state index contributed by atoms with van der Waals surface area (Å²) < 4.78 is 38.8. The van der Waals surface area contributed by atoms with Crippen LogP contribution in [0.5, 0.6) is 0 Å². The molecule has 0 radical (unpaired) electrons. The van der Waals surface area contributed by atoms with Gasteiger partial charge in [-0.3, -0.25) is 0 Å². The van der Waals surface area contributed by atoms with Gasteiger partial charge in [0.15, 0.2) is 0 Å². The molecular formula is C15H30O9Ti. The van der Waals surface area contributed by atoms with Gasteiger partial charge in [-0.05, 0) is 0 Å². The van der Waals surface area contributed by atoms with Crippen molar-refractivity contribution in [3.05, 3.63) is 12.2 Å². The van der Waals surface area contributed by atoms with E-state index in [1.54, 1.807) is 41.5 Å². The minimum absolute atomic E-state index is 0.150. The molecule has 25 heavy (non-hydrogen) atoms. The summed E-state index contributed by atoms with van der Waals surface area (Å²) >= 11 is -6.23. The Morgan fingerprint density at radius 3 is 1.84 bits per heavy atom. The quantitative estimate of drug-likeness (QED) is 0.115. The predicted molar refractivity (Wildman–Crippen MR) is 83.2 cm³/mol. The molecule has 9 nitrogen and oxygen atoms in total. The van der Waals surface area contributed by atoms with Crippen molar-refractivity contribution in [3.8, 4) is 0 Å². The van der Waals surface area contributed by atoms with Crippen LogP contribution in [0.15, 0.2) is 12.2 Å². The molecule has 0 heterocycles. The molecule has 0 atom stereocenters. The SMILES string of the molecule is C=C(C)C(=O)OCCO[O][Ti](=[O])([O]OC(C)C)([O]C(C)C)[O]C(C)C.